The van der Waals surface area contributed by atoms with Gasteiger partial charge in [-0.1, -0.05) is 0 Å². The molecule has 9 heavy (non-hydrogen) atoms. The lowest BCUT2D eigenvalue weighted by Crippen LogP contribution is -1.73. The summed E-state index contributed by atoms with van der Waals surface area (Å²) >= 11 is 1.66. The molecule has 0 aliphatic carbocycles. The number of hydrogen-bond donors (Lipinski definition) is 0. The Hall–Kier alpha value is -0.810. The van der Waals surface area contributed by atoms with E-state index in [4.69, 9.17) is 6.57 Å². The molecule has 0 spiro atoms. The zero-order chi connectivity index (χ0) is 6.69. The minimum atomic E-state index is 0.545. The van der Waals surface area contributed by atoms with Crippen molar-refractivity contribution in [3.05, 3.63) is 33.3 Å². The van der Waals surface area contributed by atoms with Crippen LogP contribution >= 0.6 is 11.3 Å². The topological polar surface area (TPSA) is 4.36 Å². The Kier molecular flexibility index (Phi) is 1.86. The first-order valence-corrected chi connectivity index (χ1v) is 3.58. The largest absolute Gasteiger partial charge is 0.311 e. The normalized spacial score (nSPS) is 8.89. The van der Waals surface area contributed by atoms with Crippen LogP contribution in [0, 0.1) is 13.5 Å². The lowest BCUT2D eigenvalue weighted by molar-refractivity contribution is 1.28. The van der Waals surface area contributed by atoms with Crippen molar-refractivity contribution in [2.45, 2.75) is 13.5 Å². The zero-order valence-corrected chi connectivity index (χ0v) is 6.03. The number of aryl methyl sites for hydroxylation is 1. The first-order chi connectivity index (χ1) is 4.34. The Balaban J connectivity index is 2.84. The Bertz CT molecular complexity index is 231. The molecular weight excluding hydrogens is 130 g/mol. The highest BCUT2D eigenvalue weighted by Crippen LogP contribution is 2.15. The summed E-state index contributed by atoms with van der Waals surface area (Å²) in [5.41, 5.74) is 1.25. The van der Waals surface area contributed by atoms with Gasteiger partial charge in [-0.2, -0.15) is 0 Å². The van der Waals surface area contributed by atoms with Crippen molar-refractivity contribution in [1.82, 2.24) is 0 Å². The van der Waals surface area contributed by atoms with Crippen molar-refractivity contribution in [2.24, 2.45) is 0 Å². The van der Waals surface area contributed by atoms with Crippen LogP contribution in [0.5, 0.6) is 0 Å². The van der Waals surface area contributed by atoms with E-state index in [0.29, 0.717) is 6.54 Å². The molecule has 2 heteroatoms. The first kappa shape index (κ1) is 6.31. The number of rotatable bonds is 1. The summed E-state index contributed by atoms with van der Waals surface area (Å²) < 4.78 is 0. The quantitative estimate of drug-likeness (QED) is 0.524. The third-order valence-electron chi connectivity index (χ3n) is 1.19. The van der Waals surface area contributed by atoms with Gasteiger partial charge in [-0.05, 0) is 23.9 Å². The van der Waals surface area contributed by atoms with Gasteiger partial charge in [0.05, 0.1) is 4.88 Å². The van der Waals surface area contributed by atoms with Crippen molar-refractivity contribution in [1.29, 1.82) is 0 Å². The molecular formula is C7H7NS. The summed E-state index contributed by atoms with van der Waals surface area (Å²) in [6, 6.07) is 2.05. The molecule has 1 aromatic rings. The molecule has 0 aromatic carbocycles. The third kappa shape index (κ3) is 1.30. The molecule has 0 radical (unpaired) electrons. The molecule has 1 heterocycles. The summed E-state index contributed by atoms with van der Waals surface area (Å²) in [4.78, 5) is 4.50. The second-order valence-corrected chi connectivity index (χ2v) is 2.84. The smallest absolute Gasteiger partial charge is 0.249 e. The zero-order valence-electron chi connectivity index (χ0n) is 5.22. The second-order valence-electron chi connectivity index (χ2n) is 1.84. The van der Waals surface area contributed by atoms with Crippen molar-refractivity contribution >= 4 is 11.3 Å². The SMILES string of the molecule is [C-]#[N+]Cc1sccc1C. The molecule has 0 aliphatic heterocycles. The second kappa shape index (κ2) is 2.65. The molecule has 0 saturated heterocycles. The maximum Gasteiger partial charge on any atom is 0.249 e. The van der Waals surface area contributed by atoms with E-state index in [-0.39, 0.29) is 0 Å². The minimum absolute atomic E-state index is 0.545. The highest BCUT2D eigenvalue weighted by molar-refractivity contribution is 7.10. The number of thiophene rings is 1. The van der Waals surface area contributed by atoms with E-state index in [1.54, 1.807) is 11.3 Å². The van der Waals surface area contributed by atoms with E-state index in [1.807, 2.05) is 18.4 Å². The summed E-state index contributed by atoms with van der Waals surface area (Å²) in [5.74, 6) is 0. The molecule has 0 bridgehead atoms. The van der Waals surface area contributed by atoms with Gasteiger partial charge in [0.1, 0.15) is 0 Å². The van der Waals surface area contributed by atoms with Crippen molar-refractivity contribution < 1.29 is 0 Å². The van der Waals surface area contributed by atoms with Crippen molar-refractivity contribution in [3.8, 4) is 0 Å². The fraction of sp³-hybridized carbons (Fsp3) is 0.286. The third-order valence-corrected chi connectivity index (χ3v) is 2.20. The first-order valence-electron chi connectivity index (χ1n) is 2.71. The molecule has 0 saturated carbocycles. The minimum Gasteiger partial charge on any atom is -0.311 e. The molecule has 0 amide bonds. The van der Waals surface area contributed by atoms with E-state index in [1.165, 1.54) is 10.4 Å². The van der Waals surface area contributed by atoms with E-state index in [9.17, 15) is 0 Å². The molecule has 1 nitrogen and oxygen atoms in total. The number of nitrogens with zero attached hydrogens (tertiary/aromatic N) is 1. The lowest BCUT2D eigenvalue weighted by Gasteiger charge is -1.83. The average Bonchev–Trinajstić information content (AvgIpc) is 2.18. The van der Waals surface area contributed by atoms with Crippen LogP contribution in [-0.4, -0.2) is 0 Å². The standard InChI is InChI=1S/C7H7NS/c1-6-3-4-9-7(6)5-8-2/h3-4H,5H2,1H3. The van der Waals surface area contributed by atoms with Gasteiger partial charge >= 0.3 is 0 Å². The summed E-state index contributed by atoms with van der Waals surface area (Å²) in [7, 11) is 0. The van der Waals surface area contributed by atoms with Gasteiger partial charge in [0.2, 0.25) is 6.54 Å². The fourth-order valence-corrected chi connectivity index (χ4v) is 1.47. The monoisotopic (exact) mass is 137 g/mol. The Morgan fingerprint density at radius 1 is 1.78 bits per heavy atom. The summed E-state index contributed by atoms with van der Waals surface area (Å²) in [6.07, 6.45) is 0. The number of hydrogen-bond acceptors (Lipinski definition) is 1. The Morgan fingerprint density at radius 3 is 3.00 bits per heavy atom. The Morgan fingerprint density at radius 2 is 2.56 bits per heavy atom. The molecule has 1 rings (SSSR count). The van der Waals surface area contributed by atoms with Crippen LogP contribution in [0.15, 0.2) is 11.4 Å². The highest BCUT2D eigenvalue weighted by Gasteiger charge is 1.99. The maximum atomic E-state index is 6.61. The predicted octanol–water partition coefficient (Wildman–Crippen LogP) is 2.48. The molecule has 46 valence electrons. The molecule has 0 unspecified atom stereocenters. The highest BCUT2D eigenvalue weighted by atomic mass is 32.1. The predicted molar refractivity (Wildman–Crippen MR) is 39.4 cm³/mol. The van der Waals surface area contributed by atoms with Gasteiger partial charge in [-0.3, -0.25) is 0 Å². The van der Waals surface area contributed by atoms with E-state index in [0.717, 1.165) is 0 Å². The van der Waals surface area contributed by atoms with Crippen LogP contribution in [0.2, 0.25) is 0 Å². The van der Waals surface area contributed by atoms with Gasteiger partial charge in [-0.15, -0.1) is 11.3 Å². The van der Waals surface area contributed by atoms with Crippen LogP contribution in [-0.2, 0) is 6.54 Å². The van der Waals surface area contributed by atoms with Gasteiger partial charge < -0.3 is 4.85 Å². The molecule has 0 fully saturated rings. The van der Waals surface area contributed by atoms with Crippen molar-refractivity contribution in [2.75, 3.05) is 0 Å². The lowest BCUT2D eigenvalue weighted by atomic mass is 10.3. The van der Waals surface area contributed by atoms with Gasteiger partial charge in [0, 0.05) is 0 Å². The Labute approximate surface area is 58.8 Å². The average molecular weight is 137 g/mol. The van der Waals surface area contributed by atoms with Crippen LogP contribution in [0.3, 0.4) is 0 Å². The van der Waals surface area contributed by atoms with Crippen LogP contribution in [0.4, 0.5) is 0 Å². The summed E-state index contributed by atoms with van der Waals surface area (Å²) in [6.45, 7) is 9.19. The molecule has 0 N–H and O–H groups in total. The van der Waals surface area contributed by atoms with Crippen LogP contribution < -0.4 is 0 Å². The van der Waals surface area contributed by atoms with Crippen molar-refractivity contribution in [3.63, 3.8) is 0 Å². The van der Waals surface area contributed by atoms with E-state index >= 15 is 0 Å². The molecule has 1 aromatic heterocycles. The fourth-order valence-electron chi connectivity index (χ4n) is 0.638. The maximum absolute atomic E-state index is 6.61. The molecule has 0 aliphatic rings. The summed E-state index contributed by atoms with van der Waals surface area (Å²) in [5, 5.41) is 2.02. The van der Waals surface area contributed by atoms with Crippen LogP contribution in [0.25, 0.3) is 4.85 Å². The van der Waals surface area contributed by atoms with Gasteiger partial charge in [-0.25, -0.2) is 6.57 Å². The van der Waals surface area contributed by atoms with Crippen LogP contribution in [0.1, 0.15) is 10.4 Å². The van der Waals surface area contributed by atoms with Gasteiger partial charge in [0.15, 0.2) is 0 Å². The van der Waals surface area contributed by atoms with E-state index in [2.05, 4.69) is 4.85 Å². The van der Waals surface area contributed by atoms with Gasteiger partial charge in [0.25, 0.3) is 0 Å². The van der Waals surface area contributed by atoms with E-state index < -0.39 is 0 Å². The molecule has 0 atom stereocenters.